The lowest BCUT2D eigenvalue weighted by molar-refractivity contribution is 0.330. The van der Waals surface area contributed by atoms with Gasteiger partial charge in [0.2, 0.25) is 17.2 Å². The molecule has 5 N–H and O–H groups in total. The second kappa shape index (κ2) is 9.21. The van der Waals surface area contributed by atoms with Gasteiger partial charge in [-0.2, -0.15) is 0 Å². The van der Waals surface area contributed by atoms with E-state index < -0.39 is 28.7 Å². The van der Waals surface area contributed by atoms with E-state index in [0.29, 0.717) is 16.3 Å². The Morgan fingerprint density at radius 2 is 0.732 bits per heavy atom. The molecule has 0 aliphatic carbocycles. The quantitative estimate of drug-likeness (QED) is 0.0884. The molecule has 0 heterocycles. The molecule has 198 valence electrons. The van der Waals surface area contributed by atoms with Crippen LogP contribution in [0.3, 0.4) is 0 Å². The summed E-state index contributed by atoms with van der Waals surface area (Å²) in [6.45, 7) is 0. The molecule has 41 heavy (non-hydrogen) atoms. The zero-order valence-corrected chi connectivity index (χ0v) is 21.7. The normalized spacial score (nSPS) is 11.4. The second-order valence-electron chi connectivity index (χ2n) is 10.1. The average molecular weight is 537 g/mol. The van der Waals surface area contributed by atoms with Crippen LogP contribution in [0.15, 0.2) is 115 Å². The highest BCUT2D eigenvalue weighted by Gasteiger charge is 2.27. The number of fused-ring (bicyclic) bond motifs is 3. The predicted octanol–water partition coefficient (Wildman–Crippen LogP) is 8.68. The Morgan fingerprint density at radius 3 is 1.29 bits per heavy atom. The first-order valence-corrected chi connectivity index (χ1v) is 13.2. The molecule has 7 rings (SSSR count). The monoisotopic (exact) mass is 536 g/mol. The van der Waals surface area contributed by atoms with Gasteiger partial charge < -0.3 is 25.5 Å². The maximum Gasteiger partial charge on any atom is 0.208 e. The molecule has 0 amide bonds. The molecule has 7 aromatic carbocycles. The van der Waals surface area contributed by atoms with Gasteiger partial charge in [0.15, 0.2) is 11.5 Å². The summed E-state index contributed by atoms with van der Waals surface area (Å²) in [6, 6.07) is 38.3. The van der Waals surface area contributed by atoms with E-state index >= 15 is 0 Å². The van der Waals surface area contributed by atoms with E-state index in [4.69, 9.17) is 0 Å². The molecule has 0 spiro atoms. The van der Waals surface area contributed by atoms with Crippen molar-refractivity contribution >= 4 is 32.3 Å². The number of benzene rings is 7. The third-order valence-corrected chi connectivity index (χ3v) is 7.79. The lowest BCUT2D eigenvalue weighted by Crippen LogP contribution is -1.92. The molecule has 5 heteroatoms. The SMILES string of the molecule is Oc1c(O)c(O)c(-c2c3ccccc3c(-c3ccc4ccc(-c5ccccc5)cc4c3)c3ccccc23)c(O)c1O. The largest absolute Gasteiger partial charge is 0.504 e. The van der Waals surface area contributed by atoms with Crippen LogP contribution in [-0.2, 0) is 0 Å². The summed E-state index contributed by atoms with van der Waals surface area (Å²) in [4.78, 5) is 0. The molecule has 0 fully saturated rings. The van der Waals surface area contributed by atoms with Crippen molar-refractivity contribution in [2.24, 2.45) is 0 Å². The Balaban J connectivity index is 1.56. The van der Waals surface area contributed by atoms with Gasteiger partial charge in [-0.25, -0.2) is 0 Å². The van der Waals surface area contributed by atoms with Gasteiger partial charge in [-0.15, -0.1) is 0 Å². The van der Waals surface area contributed by atoms with Gasteiger partial charge in [0.25, 0.3) is 0 Å². The van der Waals surface area contributed by atoms with E-state index in [-0.39, 0.29) is 5.56 Å². The molecule has 0 atom stereocenters. The minimum atomic E-state index is -0.986. The maximum absolute atomic E-state index is 10.9. The topological polar surface area (TPSA) is 101 Å². The molecule has 0 bridgehead atoms. The maximum atomic E-state index is 10.9. The van der Waals surface area contributed by atoms with Crippen LogP contribution in [0.4, 0.5) is 0 Å². The van der Waals surface area contributed by atoms with E-state index in [9.17, 15) is 25.5 Å². The van der Waals surface area contributed by atoms with Gasteiger partial charge in [-0.05, 0) is 66.7 Å². The summed E-state index contributed by atoms with van der Waals surface area (Å²) < 4.78 is 0. The minimum Gasteiger partial charge on any atom is -0.504 e. The van der Waals surface area contributed by atoms with E-state index in [1.807, 2.05) is 66.7 Å². The van der Waals surface area contributed by atoms with Gasteiger partial charge in [-0.1, -0.05) is 103 Å². The Labute approximate surface area is 235 Å². The Hall–Kier alpha value is -5.68. The van der Waals surface area contributed by atoms with Gasteiger partial charge in [0, 0.05) is 5.56 Å². The molecule has 0 unspecified atom stereocenters. The lowest BCUT2D eigenvalue weighted by atomic mass is 9.84. The summed E-state index contributed by atoms with van der Waals surface area (Å²) in [5.74, 6) is -4.24. The standard InChI is InChI=1S/C36H24O5/c37-32-31(33(38)35(40)36(41)34(32)39)30-27-12-6-4-10-25(27)29(26-11-5-7-13-28(26)30)23-17-15-21-14-16-22(18-24(21)19-23)20-8-2-1-3-9-20/h1-19,37-41H. The summed E-state index contributed by atoms with van der Waals surface area (Å²) >= 11 is 0. The molecule has 5 nitrogen and oxygen atoms in total. The van der Waals surface area contributed by atoms with Crippen molar-refractivity contribution in [1.82, 2.24) is 0 Å². The molecule has 0 aromatic heterocycles. The van der Waals surface area contributed by atoms with Gasteiger partial charge in [-0.3, -0.25) is 0 Å². The summed E-state index contributed by atoms with van der Waals surface area (Å²) in [6.07, 6.45) is 0. The van der Waals surface area contributed by atoms with Crippen molar-refractivity contribution in [1.29, 1.82) is 0 Å². The number of rotatable bonds is 3. The van der Waals surface area contributed by atoms with Crippen LogP contribution >= 0.6 is 0 Å². The number of phenols is 5. The molecular formula is C36H24O5. The molecule has 0 saturated carbocycles. The third-order valence-electron chi connectivity index (χ3n) is 7.79. The lowest BCUT2D eigenvalue weighted by Gasteiger charge is -2.20. The fraction of sp³-hybridized carbons (Fsp3) is 0. The first-order valence-electron chi connectivity index (χ1n) is 13.2. The smallest absolute Gasteiger partial charge is 0.208 e. The Bertz CT molecular complexity index is 2060. The molecule has 0 aliphatic rings. The highest BCUT2D eigenvalue weighted by molar-refractivity contribution is 6.23. The van der Waals surface area contributed by atoms with Crippen LogP contribution < -0.4 is 0 Å². The van der Waals surface area contributed by atoms with E-state index in [1.165, 1.54) is 0 Å². The fourth-order valence-electron chi connectivity index (χ4n) is 5.84. The summed E-state index contributed by atoms with van der Waals surface area (Å²) in [5, 5.41) is 57.8. The third kappa shape index (κ3) is 3.71. The average Bonchev–Trinajstić information content (AvgIpc) is 3.02. The predicted molar refractivity (Wildman–Crippen MR) is 164 cm³/mol. The van der Waals surface area contributed by atoms with Crippen molar-refractivity contribution in [3.05, 3.63) is 115 Å². The van der Waals surface area contributed by atoms with E-state index in [1.54, 1.807) is 0 Å². The van der Waals surface area contributed by atoms with Crippen LogP contribution in [0.5, 0.6) is 28.7 Å². The van der Waals surface area contributed by atoms with Crippen molar-refractivity contribution in [3.63, 3.8) is 0 Å². The molecular weight excluding hydrogens is 512 g/mol. The molecule has 0 radical (unpaired) electrons. The summed E-state index contributed by atoms with van der Waals surface area (Å²) in [7, 11) is 0. The number of hydrogen-bond donors (Lipinski definition) is 5. The first kappa shape index (κ1) is 24.4. The molecule has 0 aliphatic heterocycles. The zero-order chi connectivity index (χ0) is 28.2. The van der Waals surface area contributed by atoms with Crippen LogP contribution in [0.1, 0.15) is 0 Å². The van der Waals surface area contributed by atoms with Crippen LogP contribution in [0.25, 0.3) is 65.7 Å². The van der Waals surface area contributed by atoms with Gasteiger partial charge in [0.1, 0.15) is 0 Å². The highest BCUT2D eigenvalue weighted by atomic mass is 16.4. The fourth-order valence-corrected chi connectivity index (χ4v) is 5.84. The Morgan fingerprint density at radius 1 is 0.293 bits per heavy atom. The van der Waals surface area contributed by atoms with Crippen molar-refractivity contribution < 1.29 is 25.5 Å². The molecule has 0 saturated heterocycles. The number of hydrogen-bond acceptors (Lipinski definition) is 5. The van der Waals surface area contributed by atoms with E-state index in [2.05, 4.69) is 48.5 Å². The second-order valence-corrected chi connectivity index (χ2v) is 10.1. The zero-order valence-electron chi connectivity index (χ0n) is 21.7. The van der Waals surface area contributed by atoms with Crippen molar-refractivity contribution in [2.75, 3.05) is 0 Å². The molecule has 7 aromatic rings. The number of aromatic hydroxyl groups is 5. The van der Waals surface area contributed by atoms with Crippen molar-refractivity contribution in [3.8, 4) is 62.1 Å². The van der Waals surface area contributed by atoms with Gasteiger partial charge >= 0.3 is 0 Å². The van der Waals surface area contributed by atoms with Crippen LogP contribution in [0, 0.1) is 0 Å². The van der Waals surface area contributed by atoms with Crippen LogP contribution in [-0.4, -0.2) is 25.5 Å². The first-order chi connectivity index (χ1) is 19.9. The van der Waals surface area contributed by atoms with Crippen LogP contribution in [0.2, 0.25) is 0 Å². The number of phenolic OH excluding ortho intramolecular Hbond substituents is 5. The van der Waals surface area contributed by atoms with Crippen molar-refractivity contribution in [2.45, 2.75) is 0 Å². The minimum absolute atomic E-state index is 0.164. The Kier molecular flexibility index (Phi) is 5.47. The van der Waals surface area contributed by atoms with E-state index in [0.717, 1.165) is 43.8 Å². The van der Waals surface area contributed by atoms with Gasteiger partial charge in [0.05, 0.1) is 5.56 Å². The summed E-state index contributed by atoms with van der Waals surface area (Å²) in [5.41, 5.74) is 4.48. The highest BCUT2D eigenvalue weighted by Crippen LogP contribution is 2.57.